The number of carbonyl (C=O) groups is 1. The van der Waals surface area contributed by atoms with Crippen LogP contribution in [-0.4, -0.2) is 22.1 Å². The fraction of sp³-hybridized carbons (Fsp3) is 0.238. The van der Waals surface area contributed by atoms with E-state index in [1.165, 1.54) is 17.8 Å². The second-order valence-corrected chi connectivity index (χ2v) is 8.35. The van der Waals surface area contributed by atoms with Gasteiger partial charge in [0.1, 0.15) is 0 Å². The lowest BCUT2D eigenvalue weighted by Crippen LogP contribution is -2.28. The molecule has 3 rings (SSSR count). The molecule has 2 amide bonds. The van der Waals surface area contributed by atoms with Crippen LogP contribution in [-0.2, 0) is 12.7 Å². The molecule has 0 radical (unpaired) electrons. The van der Waals surface area contributed by atoms with E-state index in [9.17, 15) is 18.0 Å². The molecule has 2 N–H and O–H groups in total. The summed E-state index contributed by atoms with van der Waals surface area (Å²) in [6, 6.07) is 10.5. The number of hydrogen-bond acceptors (Lipinski definition) is 3. The molecule has 0 saturated carbocycles. The van der Waals surface area contributed by atoms with Gasteiger partial charge in [-0.05, 0) is 42.0 Å². The standard InChI is InChI=1S/C21H19BrF3N3OS/c22-8-2-10-30-19-11-16(21(23,24)25)6-5-15(19)13-27-20(29)28-18-4-1-3-14-12-26-9-7-17(14)18/h1,3-7,9,11-12H,2,8,10,13H2,(H2,27,28,29). The minimum atomic E-state index is -4.41. The summed E-state index contributed by atoms with van der Waals surface area (Å²) in [5, 5.41) is 8.04. The molecule has 3 aromatic rings. The Morgan fingerprint density at radius 1 is 1.17 bits per heavy atom. The number of urea groups is 1. The molecule has 0 aliphatic heterocycles. The van der Waals surface area contributed by atoms with E-state index in [1.807, 2.05) is 12.1 Å². The van der Waals surface area contributed by atoms with Crippen molar-refractivity contribution in [3.63, 3.8) is 0 Å². The average Bonchev–Trinajstić information content (AvgIpc) is 2.72. The molecule has 0 saturated heterocycles. The molecule has 0 aliphatic carbocycles. The highest BCUT2D eigenvalue weighted by molar-refractivity contribution is 9.09. The Labute approximate surface area is 184 Å². The van der Waals surface area contributed by atoms with Gasteiger partial charge in [-0.1, -0.05) is 34.1 Å². The Hall–Kier alpha value is -2.26. The molecule has 1 aromatic heterocycles. The van der Waals surface area contributed by atoms with E-state index in [2.05, 4.69) is 31.5 Å². The van der Waals surface area contributed by atoms with Crippen LogP contribution in [0.4, 0.5) is 23.7 Å². The van der Waals surface area contributed by atoms with E-state index in [1.54, 1.807) is 24.5 Å². The van der Waals surface area contributed by atoms with Crippen molar-refractivity contribution in [2.24, 2.45) is 0 Å². The van der Waals surface area contributed by atoms with Crippen LogP contribution in [0.5, 0.6) is 0 Å². The largest absolute Gasteiger partial charge is 0.416 e. The first-order valence-corrected chi connectivity index (χ1v) is 11.3. The molecule has 9 heteroatoms. The first kappa shape index (κ1) is 22.4. The summed E-state index contributed by atoms with van der Waals surface area (Å²) in [4.78, 5) is 17.0. The summed E-state index contributed by atoms with van der Waals surface area (Å²) in [7, 11) is 0. The summed E-state index contributed by atoms with van der Waals surface area (Å²) in [5.74, 6) is 0.676. The zero-order valence-corrected chi connectivity index (χ0v) is 18.2. The van der Waals surface area contributed by atoms with Gasteiger partial charge in [-0.15, -0.1) is 11.8 Å². The number of nitrogens with one attached hydrogen (secondary N) is 2. The Bertz CT molecular complexity index is 1020. The highest BCUT2D eigenvalue weighted by Crippen LogP contribution is 2.34. The van der Waals surface area contributed by atoms with Crippen molar-refractivity contribution >= 4 is 50.2 Å². The number of nitrogens with zero attached hydrogens (tertiary/aromatic N) is 1. The van der Waals surface area contributed by atoms with Crippen LogP contribution >= 0.6 is 27.7 Å². The maximum absolute atomic E-state index is 13.1. The van der Waals surface area contributed by atoms with Crippen LogP contribution in [0.15, 0.2) is 59.8 Å². The lowest BCUT2D eigenvalue weighted by atomic mass is 10.1. The second kappa shape index (κ2) is 10.2. The molecule has 30 heavy (non-hydrogen) atoms. The van der Waals surface area contributed by atoms with Gasteiger partial charge in [0.25, 0.3) is 0 Å². The highest BCUT2D eigenvalue weighted by Gasteiger charge is 2.31. The molecule has 158 valence electrons. The Balaban J connectivity index is 1.71. The van der Waals surface area contributed by atoms with Gasteiger partial charge in [-0.2, -0.15) is 13.2 Å². The van der Waals surface area contributed by atoms with E-state index in [0.717, 1.165) is 34.7 Å². The normalized spacial score (nSPS) is 11.5. The van der Waals surface area contributed by atoms with Gasteiger partial charge < -0.3 is 10.6 Å². The van der Waals surface area contributed by atoms with Gasteiger partial charge in [-0.3, -0.25) is 4.98 Å². The lowest BCUT2D eigenvalue weighted by molar-refractivity contribution is -0.137. The SMILES string of the molecule is O=C(NCc1ccc(C(F)(F)F)cc1SCCCBr)Nc1cccc2cnccc12. The third-order valence-electron chi connectivity index (χ3n) is 4.30. The highest BCUT2D eigenvalue weighted by atomic mass is 79.9. The van der Waals surface area contributed by atoms with Crippen molar-refractivity contribution < 1.29 is 18.0 Å². The van der Waals surface area contributed by atoms with Crippen LogP contribution in [0.25, 0.3) is 10.8 Å². The molecule has 1 heterocycles. The quantitative estimate of drug-likeness (QED) is 0.224. The molecule has 2 aromatic carbocycles. The Morgan fingerprint density at radius 3 is 2.77 bits per heavy atom. The smallest absolute Gasteiger partial charge is 0.334 e. The van der Waals surface area contributed by atoms with E-state index in [0.29, 0.717) is 21.9 Å². The molecule has 0 spiro atoms. The fourth-order valence-electron chi connectivity index (χ4n) is 2.82. The van der Waals surface area contributed by atoms with Crippen molar-refractivity contribution in [1.29, 1.82) is 0 Å². The maximum atomic E-state index is 13.1. The molecular weight excluding hydrogens is 479 g/mol. The Morgan fingerprint density at radius 2 is 2.00 bits per heavy atom. The number of pyridine rings is 1. The van der Waals surface area contributed by atoms with Crippen LogP contribution in [0.3, 0.4) is 0 Å². The number of fused-ring (bicyclic) bond motifs is 1. The topological polar surface area (TPSA) is 54.0 Å². The van der Waals surface area contributed by atoms with E-state index < -0.39 is 17.8 Å². The zero-order chi connectivity index (χ0) is 21.6. The number of rotatable bonds is 7. The van der Waals surface area contributed by atoms with Crippen molar-refractivity contribution in [3.8, 4) is 0 Å². The minimum Gasteiger partial charge on any atom is -0.334 e. The number of hydrogen-bond donors (Lipinski definition) is 2. The maximum Gasteiger partial charge on any atom is 0.416 e. The fourth-order valence-corrected chi connectivity index (χ4v) is 4.52. The van der Waals surface area contributed by atoms with E-state index in [-0.39, 0.29) is 6.54 Å². The number of alkyl halides is 4. The summed E-state index contributed by atoms with van der Waals surface area (Å²) < 4.78 is 39.2. The number of benzene rings is 2. The lowest BCUT2D eigenvalue weighted by Gasteiger charge is -2.15. The Kier molecular flexibility index (Phi) is 7.60. The number of anilines is 1. The molecule has 0 atom stereocenters. The predicted octanol–water partition coefficient (Wildman–Crippen LogP) is 6.45. The van der Waals surface area contributed by atoms with Crippen molar-refractivity contribution in [1.82, 2.24) is 10.3 Å². The number of carbonyl (C=O) groups excluding carboxylic acids is 1. The van der Waals surface area contributed by atoms with Gasteiger partial charge in [0.2, 0.25) is 0 Å². The van der Waals surface area contributed by atoms with Crippen LogP contribution in [0.1, 0.15) is 17.5 Å². The summed E-state index contributed by atoms with van der Waals surface area (Å²) in [6.07, 6.45) is -0.234. The predicted molar refractivity (Wildman–Crippen MR) is 118 cm³/mol. The van der Waals surface area contributed by atoms with Crippen molar-refractivity contribution in [3.05, 3.63) is 66.0 Å². The van der Waals surface area contributed by atoms with Gasteiger partial charge in [0.15, 0.2) is 0 Å². The van der Waals surface area contributed by atoms with Crippen molar-refractivity contribution in [2.45, 2.75) is 24.0 Å². The third-order valence-corrected chi connectivity index (χ3v) is 6.04. The monoisotopic (exact) mass is 497 g/mol. The molecule has 4 nitrogen and oxygen atoms in total. The summed E-state index contributed by atoms with van der Waals surface area (Å²) >= 11 is 4.67. The molecule has 0 bridgehead atoms. The van der Waals surface area contributed by atoms with E-state index >= 15 is 0 Å². The third kappa shape index (κ3) is 5.89. The molecule has 0 fully saturated rings. The average molecular weight is 498 g/mol. The van der Waals surface area contributed by atoms with Crippen LogP contribution in [0, 0.1) is 0 Å². The van der Waals surface area contributed by atoms with Crippen LogP contribution in [0.2, 0.25) is 0 Å². The number of aromatic nitrogens is 1. The van der Waals surface area contributed by atoms with Gasteiger partial charge in [0.05, 0.1) is 11.3 Å². The summed E-state index contributed by atoms with van der Waals surface area (Å²) in [5.41, 5.74) is 0.577. The van der Waals surface area contributed by atoms with Crippen LogP contribution < -0.4 is 10.6 Å². The van der Waals surface area contributed by atoms with Gasteiger partial charge in [0, 0.05) is 39.9 Å². The van der Waals surface area contributed by atoms with Gasteiger partial charge in [-0.25, -0.2) is 4.79 Å². The zero-order valence-electron chi connectivity index (χ0n) is 15.8. The molecule has 0 aliphatic rings. The molecule has 0 unspecified atom stereocenters. The number of thioether (sulfide) groups is 1. The van der Waals surface area contributed by atoms with Gasteiger partial charge >= 0.3 is 12.2 Å². The minimum absolute atomic E-state index is 0.118. The number of halogens is 4. The molecular formula is C21H19BrF3N3OS. The second-order valence-electron chi connectivity index (χ2n) is 6.42. The van der Waals surface area contributed by atoms with E-state index in [4.69, 9.17) is 0 Å². The first-order chi connectivity index (χ1) is 14.4. The summed E-state index contributed by atoms with van der Waals surface area (Å²) in [6.45, 7) is 0.118. The number of amides is 2. The van der Waals surface area contributed by atoms with Crippen molar-refractivity contribution in [2.75, 3.05) is 16.4 Å². The first-order valence-electron chi connectivity index (χ1n) is 9.15.